The van der Waals surface area contributed by atoms with Gasteiger partial charge in [0.05, 0.1) is 6.61 Å². The molecule has 0 radical (unpaired) electrons. The number of rotatable bonds is 6. The van der Waals surface area contributed by atoms with Gasteiger partial charge in [0.2, 0.25) is 11.8 Å². The number of amides is 2. The standard InChI is InChI=1S/C15H22N2O3/c1-10(2)8-14(19)16-11(3)15(20)17-13-6-4-12(9-18)5-7-13/h4-7,10-11,18H,8-9H2,1-3H3,(H,16,19)(H,17,20)/t11-/m0/s1. The summed E-state index contributed by atoms with van der Waals surface area (Å²) >= 11 is 0. The second-order valence-corrected chi connectivity index (χ2v) is 5.23. The maximum atomic E-state index is 11.9. The molecule has 3 N–H and O–H groups in total. The number of carbonyl (C=O) groups is 2. The summed E-state index contributed by atoms with van der Waals surface area (Å²) in [5.41, 5.74) is 1.42. The van der Waals surface area contributed by atoms with E-state index >= 15 is 0 Å². The Labute approximate surface area is 119 Å². The lowest BCUT2D eigenvalue weighted by Gasteiger charge is -2.15. The van der Waals surface area contributed by atoms with Crippen LogP contribution in [0.1, 0.15) is 32.8 Å². The second kappa shape index (κ2) is 7.65. The van der Waals surface area contributed by atoms with Crippen molar-refractivity contribution in [2.45, 2.75) is 39.8 Å². The molecule has 1 rings (SSSR count). The molecule has 1 aromatic rings. The van der Waals surface area contributed by atoms with Crippen molar-refractivity contribution in [1.29, 1.82) is 0 Å². The lowest BCUT2D eigenvalue weighted by molar-refractivity contribution is -0.126. The van der Waals surface area contributed by atoms with Gasteiger partial charge in [-0.2, -0.15) is 0 Å². The Bertz CT molecular complexity index is 455. The monoisotopic (exact) mass is 278 g/mol. The number of hydrogen-bond acceptors (Lipinski definition) is 3. The number of anilines is 1. The quantitative estimate of drug-likeness (QED) is 0.740. The van der Waals surface area contributed by atoms with Crippen molar-refractivity contribution in [3.63, 3.8) is 0 Å². The van der Waals surface area contributed by atoms with Crippen molar-refractivity contribution in [2.24, 2.45) is 5.92 Å². The van der Waals surface area contributed by atoms with Crippen molar-refractivity contribution in [3.05, 3.63) is 29.8 Å². The average molecular weight is 278 g/mol. The normalized spacial score (nSPS) is 12.1. The van der Waals surface area contributed by atoms with Crippen LogP contribution in [0.5, 0.6) is 0 Å². The SMILES string of the molecule is CC(C)CC(=O)N[C@@H](C)C(=O)Nc1ccc(CO)cc1. The number of benzene rings is 1. The smallest absolute Gasteiger partial charge is 0.246 e. The molecule has 0 aromatic heterocycles. The zero-order chi connectivity index (χ0) is 15.1. The maximum absolute atomic E-state index is 11.9. The van der Waals surface area contributed by atoms with Gasteiger partial charge in [0.15, 0.2) is 0 Å². The van der Waals surface area contributed by atoms with Crippen LogP contribution in [0.25, 0.3) is 0 Å². The zero-order valence-corrected chi connectivity index (χ0v) is 12.1. The molecule has 2 amide bonds. The van der Waals surface area contributed by atoms with Crippen molar-refractivity contribution < 1.29 is 14.7 Å². The highest BCUT2D eigenvalue weighted by molar-refractivity contribution is 5.96. The molecular weight excluding hydrogens is 256 g/mol. The molecule has 0 aliphatic rings. The molecule has 0 saturated carbocycles. The molecule has 0 unspecified atom stereocenters. The summed E-state index contributed by atoms with van der Waals surface area (Å²) in [7, 11) is 0. The third kappa shape index (κ3) is 5.40. The number of nitrogens with one attached hydrogen (secondary N) is 2. The molecule has 0 heterocycles. The van der Waals surface area contributed by atoms with Crippen LogP contribution in [0, 0.1) is 5.92 Å². The summed E-state index contributed by atoms with van der Waals surface area (Å²) in [5, 5.41) is 14.3. The van der Waals surface area contributed by atoms with Gasteiger partial charge in [-0.1, -0.05) is 26.0 Å². The van der Waals surface area contributed by atoms with Crippen molar-refractivity contribution >= 4 is 17.5 Å². The topological polar surface area (TPSA) is 78.4 Å². The fourth-order valence-corrected chi connectivity index (χ4v) is 1.68. The first-order chi connectivity index (χ1) is 9.42. The van der Waals surface area contributed by atoms with E-state index in [4.69, 9.17) is 5.11 Å². The third-order valence-corrected chi connectivity index (χ3v) is 2.77. The van der Waals surface area contributed by atoms with Crippen LogP contribution < -0.4 is 10.6 Å². The minimum atomic E-state index is -0.584. The molecule has 5 heteroatoms. The van der Waals surface area contributed by atoms with E-state index in [1.165, 1.54) is 0 Å². The Hall–Kier alpha value is -1.88. The molecule has 110 valence electrons. The Morgan fingerprint density at radius 1 is 1.15 bits per heavy atom. The Morgan fingerprint density at radius 3 is 2.25 bits per heavy atom. The molecule has 1 aromatic carbocycles. The lowest BCUT2D eigenvalue weighted by atomic mass is 10.1. The lowest BCUT2D eigenvalue weighted by Crippen LogP contribution is -2.41. The molecule has 0 aliphatic heterocycles. The van der Waals surface area contributed by atoms with Gasteiger partial charge >= 0.3 is 0 Å². The van der Waals surface area contributed by atoms with E-state index in [9.17, 15) is 9.59 Å². The van der Waals surface area contributed by atoms with Gasteiger partial charge < -0.3 is 15.7 Å². The van der Waals surface area contributed by atoms with Crippen LogP contribution in [0.2, 0.25) is 0 Å². The number of aliphatic hydroxyl groups is 1. The van der Waals surface area contributed by atoms with Crippen LogP contribution in [0.15, 0.2) is 24.3 Å². The maximum Gasteiger partial charge on any atom is 0.246 e. The van der Waals surface area contributed by atoms with Crippen molar-refractivity contribution in [1.82, 2.24) is 5.32 Å². The van der Waals surface area contributed by atoms with Crippen LogP contribution in [0.4, 0.5) is 5.69 Å². The second-order valence-electron chi connectivity index (χ2n) is 5.23. The summed E-state index contributed by atoms with van der Waals surface area (Å²) < 4.78 is 0. The van der Waals surface area contributed by atoms with Gasteiger partial charge in [-0.3, -0.25) is 9.59 Å². The van der Waals surface area contributed by atoms with Crippen LogP contribution in [0.3, 0.4) is 0 Å². The fraction of sp³-hybridized carbons (Fsp3) is 0.467. The largest absolute Gasteiger partial charge is 0.392 e. The van der Waals surface area contributed by atoms with Gasteiger partial charge in [0.1, 0.15) is 6.04 Å². The van der Waals surface area contributed by atoms with E-state index in [1.807, 2.05) is 13.8 Å². The summed E-state index contributed by atoms with van der Waals surface area (Å²) in [6.45, 7) is 5.52. The Balaban J connectivity index is 2.50. The Kier molecular flexibility index (Phi) is 6.18. The first-order valence-corrected chi connectivity index (χ1v) is 6.72. The molecule has 0 fully saturated rings. The van der Waals surface area contributed by atoms with E-state index in [0.29, 0.717) is 12.1 Å². The van der Waals surface area contributed by atoms with Gasteiger partial charge in [-0.25, -0.2) is 0 Å². The predicted octanol–water partition coefficient (Wildman–Crippen LogP) is 1.67. The Morgan fingerprint density at radius 2 is 1.75 bits per heavy atom. The highest BCUT2D eigenvalue weighted by atomic mass is 16.3. The molecular formula is C15H22N2O3. The molecule has 1 atom stereocenters. The van der Waals surface area contributed by atoms with E-state index in [1.54, 1.807) is 31.2 Å². The number of hydrogen-bond donors (Lipinski definition) is 3. The molecule has 5 nitrogen and oxygen atoms in total. The number of carbonyl (C=O) groups excluding carboxylic acids is 2. The highest BCUT2D eigenvalue weighted by Gasteiger charge is 2.16. The molecule has 0 saturated heterocycles. The van der Waals surface area contributed by atoms with Gasteiger partial charge in [0, 0.05) is 12.1 Å². The van der Waals surface area contributed by atoms with E-state index in [0.717, 1.165) is 5.56 Å². The first kappa shape index (κ1) is 16.2. The molecule has 20 heavy (non-hydrogen) atoms. The van der Waals surface area contributed by atoms with E-state index in [-0.39, 0.29) is 24.3 Å². The van der Waals surface area contributed by atoms with E-state index in [2.05, 4.69) is 10.6 Å². The summed E-state index contributed by atoms with van der Waals surface area (Å²) in [5.74, 6) is -0.131. The van der Waals surface area contributed by atoms with E-state index < -0.39 is 6.04 Å². The van der Waals surface area contributed by atoms with Crippen molar-refractivity contribution in [2.75, 3.05) is 5.32 Å². The fourth-order valence-electron chi connectivity index (χ4n) is 1.68. The summed E-state index contributed by atoms with van der Waals surface area (Å²) in [6, 6.07) is 6.31. The highest BCUT2D eigenvalue weighted by Crippen LogP contribution is 2.10. The average Bonchev–Trinajstić information content (AvgIpc) is 2.38. The zero-order valence-electron chi connectivity index (χ0n) is 12.1. The third-order valence-electron chi connectivity index (χ3n) is 2.77. The van der Waals surface area contributed by atoms with Crippen LogP contribution in [-0.2, 0) is 16.2 Å². The van der Waals surface area contributed by atoms with Gasteiger partial charge in [-0.05, 0) is 30.5 Å². The van der Waals surface area contributed by atoms with Crippen LogP contribution in [-0.4, -0.2) is 23.0 Å². The molecule has 0 aliphatic carbocycles. The summed E-state index contributed by atoms with van der Waals surface area (Å²) in [4.78, 5) is 23.5. The molecule has 0 spiro atoms. The van der Waals surface area contributed by atoms with Crippen molar-refractivity contribution in [3.8, 4) is 0 Å². The minimum absolute atomic E-state index is 0.0319. The first-order valence-electron chi connectivity index (χ1n) is 6.72. The van der Waals surface area contributed by atoms with Gasteiger partial charge in [-0.15, -0.1) is 0 Å². The minimum Gasteiger partial charge on any atom is -0.392 e. The van der Waals surface area contributed by atoms with Gasteiger partial charge in [0.25, 0.3) is 0 Å². The number of aliphatic hydroxyl groups excluding tert-OH is 1. The van der Waals surface area contributed by atoms with Crippen LogP contribution >= 0.6 is 0 Å². The molecule has 0 bridgehead atoms. The predicted molar refractivity (Wildman–Crippen MR) is 78.1 cm³/mol. The summed E-state index contributed by atoms with van der Waals surface area (Å²) in [6.07, 6.45) is 0.406.